The van der Waals surface area contributed by atoms with Crippen LogP contribution in [0, 0.1) is 5.82 Å². The minimum absolute atomic E-state index is 0.0434. The van der Waals surface area contributed by atoms with E-state index in [2.05, 4.69) is 10.2 Å². The van der Waals surface area contributed by atoms with Crippen LogP contribution in [0.25, 0.3) is 0 Å². The fraction of sp³-hybridized carbons (Fsp3) is 0.353. The van der Waals surface area contributed by atoms with Gasteiger partial charge in [-0.15, -0.1) is 0 Å². The first-order valence-electron chi connectivity index (χ1n) is 7.55. The molecule has 3 rings (SSSR count). The first-order valence-corrected chi connectivity index (χ1v) is 7.55. The lowest BCUT2D eigenvalue weighted by Gasteiger charge is -2.26. The zero-order chi connectivity index (χ0) is 15.4. The van der Waals surface area contributed by atoms with Crippen LogP contribution in [-0.4, -0.2) is 30.4 Å². The summed E-state index contributed by atoms with van der Waals surface area (Å²) in [6, 6.07) is 9.40. The highest BCUT2D eigenvalue weighted by molar-refractivity contribution is 5.94. The standard InChI is InChI=1S/C17H19FN2O2/c18-14-7-5-13(6-8-14)17(21)19-12-15(16-4-3-11-22-16)20-9-1-2-10-20/h3-8,11,15H,1-2,9-10,12H2,(H,19,21). The second-order valence-electron chi connectivity index (χ2n) is 5.49. The molecule has 22 heavy (non-hydrogen) atoms. The Morgan fingerprint density at radius 2 is 1.95 bits per heavy atom. The molecule has 0 bridgehead atoms. The Kier molecular flexibility index (Phi) is 4.53. The number of carbonyl (C=O) groups excluding carboxylic acids is 1. The molecule has 1 fully saturated rings. The Balaban J connectivity index is 1.66. The lowest BCUT2D eigenvalue weighted by atomic mass is 10.1. The van der Waals surface area contributed by atoms with E-state index in [4.69, 9.17) is 4.42 Å². The Labute approximate surface area is 128 Å². The second kappa shape index (κ2) is 6.75. The van der Waals surface area contributed by atoms with Crippen LogP contribution in [0.3, 0.4) is 0 Å². The topological polar surface area (TPSA) is 45.5 Å². The number of nitrogens with one attached hydrogen (secondary N) is 1. The van der Waals surface area contributed by atoms with Crippen molar-refractivity contribution in [3.8, 4) is 0 Å². The van der Waals surface area contributed by atoms with Crippen LogP contribution in [0.15, 0.2) is 47.1 Å². The molecule has 1 amide bonds. The molecule has 1 atom stereocenters. The van der Waals surface area contributed by atoms with Gasteiger partial charge >= 0.3 is 0 Å². The monoisotopic (exact) mass is 302 g/mol. The molecule has 1 aliphatic heterocycles. The van der Waals surface area contributed by atoms with Crippen LogP contribution in [0.5, 0.6) is 0 Å². The normalized spacial score (nSPS) is 16.6. The van der Waals surface area contributed by atoms with Gasteiger partial charge < -0.3 is 9.73 Å². The number of amides is 1. The van der Waals surface area contributed by atoms with Gasteiger partial charge in [0.25, 0.3) is 5.91 Å². The van der Waals surface area contributed by atoms with E-state index in [-0.39, 0.29) is 17.8 Å². The summed E-state index contributed by atoms with van der Waals surface area (Å²) >= 11 is 0. The third-order valence-corrected chi connectivity index (χ3v) is 4.02. The van der Waals surface area contributed by atoms with Crippen LogP contribution in [0.4, 0.5) is 4.39 Å². The van der Waals surface area contributed by atoms with Crippen molar-refractivity contribution in [2.45, 2.75) is 18.9 Å². The molecule has 1 unspecified atom stereocenters. The van der Waals surface area contributed by atoms with E-state index in [1.54, 1.807) is 6.26 Å². The molecule has 1 aromatic carbocycles. The number of nitrogens with zero attached hydrogens (tertiary/aromatic N) is 1. The van der Waals surface area contributed by atoms with E-state index in [0.717, 1.165) is 18.8 Å². The van der Waals surface area contributed by atoms with Gasteiger partial charge in [0.1, 0.15) is 11.6 Å². The summed E-state index contributed by atoms with van der Waals surface area (Å²) in [5.74, 6) is 0.319. The number of benzene rings is 1. The predicted octanol–water partition coefficient (Wildman–Crippen LogP) is 2.99. The fourth-order valence-electron chi connectivity index (χ4n) is 2.84. The summed E-state index contributed by atoms with van der Waals surface area (Å²) in [6.45, 7) is 2.50. The molecule has 0 spiro atoms. The van der Waals surface area contributed by atoms with Crippen LogP contribution < -0.4 is 5.32 Å². The number of carbonyl (C=O) groups is 1. The third-order valence-electron chi connectivity index (χ3n) is 4.02. The minimum Gasteiger partial charge on any atom is -0.468 e. The fourth-order valence-corrected chi connectivity index (χ4v) is 2.84. The Bertz CT molecular complexity index is 604. The number of likely N-dealkylation sites (tertiary alicyclic amines) is 1. The molecule has 4 nitrogen and oxygen atoms in total. The van der Waals surface area contributed by atoms with Gasteiger partial charge in [0.2, 0.25) is 0 Å². The molecule has 2 heterocycles. The van der Waals surface area contributed by atoms with Gasteiger partial charge in [-0.1, -0.05) is 0 Å². The maximum Gasteiger partial charge on any atom is 0.251 e. The summed E-state index contributed by atoms with van der Waals surface area (Å²) in [4.78, 5) is 14.5. The smallest absolute Gasteiger partial charge is 0.251 e. The van der Waals surface area contributed by atoms with Gasteiger partial charge in [0.05, 0.1) is 12.3 Å². The first-order chi connectivity index (χ1) is 10.7. The number of furan rings is 1. The molecule has 5 heteroatoms. The lowest BCUT2D eigenvalue weighted by molar-refractivity contribution is 0.0933. The van der Waals surface area contributed by atoms with Crippen molar-refractivity contribution in [1.29, 1.82) is 0 Å². The second-order valence-corrected chi connectivity index (χ2v) is 5.49. The molecule has 1 aliphatic rings. The average Bonchev–Trinajstić information content (AvgIpc) is 3.22. The van der Waals surface area contributed by atoms with Crippen molar-refractivity contribution in [2.24, 2.45) is 0 Å². The van der Waals surface area contributed by atoms with E-state index >= 15 is 0 Å². The van der Waals surface area contributed by atoms with Crippen LogP contribution in [0.2, 0.25) is 0 Å². The first kappa shape index (κ1) is 14.8. The van der Waals surface area contributed by atoms with Gasteiger partial charge in [0, 0.05) is 12.1 Å². The molecule has 0 aliphatic carbocycles. The maximum atomic E-state index is 12.9. The van der Waals surface area contributed by atoms with Gasteiger partial charge in [-0.3, -0.25) is 9.69 Å². The summed E-state index contributed by atoms with van der Waals surface area (Å²) in [7, 11) is 0. The SMILES string of the molecule is O=C(NCC(c1ccco1)N1CCCC1)c1ccc(F)cc1. The Morgan fingerprint density at radius 3 is 2.59 bits per heavy atom. The van der Waals surface area contributed by atoms with Crippen molar-refractivity contribution in [3.05, 3.63) is 59.8 Å². The third kappa shape index (κ3) is 3.36. The lowest BCUT2D eigenvalue weighted by Crippen LogP contribution is -2.36. The van der Waals surface area contributed by atoms with Gasteiger partial charge in [-0.2, -0.15) is 0 Å². The van der Waals surface area contributed by atoms with Crippen molar-refractivity contribution in [1.82, 2.24) is 10.2 Å². The molecule has 0 radical (unpaired) electrons. The molecular weight excluding hydrogens is 283 g/mol. The number of rotatable bonds is 5. The van der Waals surface area contributed by atoms with E-state index in [1.807, 2.05) is 12.1 Å². The van der Waals surface area contributed by atoms with Crippen molar-refractivity contribution >= 4 is 5.91 Å². The summed E-state index contributed by atoms with van der Waals surface area (Å²) < 4.78 is 18.4. The molecule has 1 aromatic heterocycles. The quantitative estimate of drug-likeness (QED) is 0.923. The molecule has 0 saturated carbocycles. The Morgan fingerprint density at radius 1 is 1.23 bits per heavy atom. The van der Waals surface area contributed by atoms with Gasteiger partial charge in [-0.05, 0) is 62.3 Å². The van der Waals surface area contributed by atoms with E-state index in [9.17, 15) is 9.18 Å². The summed E-state index contributed by atoms with van der Waals surface area (Å²) in [5.41, 5.74) is 0.459. The largest absolute Gasteiger partial charge is 0.468 e. The van der Waals surface area contributed by atoms with Crippen molar-refractivity contribution < 1.29 is 13.6 Å². The molecule has 2 aromatic rings. The van der Waals surface area contributed by atoms with Crippen LogP contribution >= 0.6 is 0 Å². The molecule has 1 N–H and O–H groups in total. The highest BCUT2D eigenvalue weighted by Gasteiger charge is 2.26. The highest BCUT2D eigenvalue weighted by Crippen LogP contribution is 2.24. The molecule has 116 valence electrons. The number of halogens is 1. The van der Waals surface area contributed by atoms with Gasteiger partial charge in [0.15, 0.2) is 0 Å². The predicted molar refractivity (Wildman–Crippen MR) is 81.0 cm³/mol. The van der Waals surface area contributed by atoms with Crippen LogP contribution in [0.1, 0.15) is 35.0 Å². The molecule has 1 saturated heterocycles. The van der Waals surface area contributed by atoms with Crippen LogP contribution in [-0.2, 0) is 0 Å². The zero-order valence-corrected chi connectivity index (χ0v) is 12.3. The summed E-state index contributed by atoms with van der Waals surface area (Å²) in [5, 5.41) is 2.92. The molecular formula is C17H19FN2O2. The average molecular weight is 302 g/mol. The number of hydrogen-bond acceptors (Lipinski definition) is 3. The maximum absolute atomic E-state index is 12.9. The van der Waals surface area contributed by atoms with Crippen molar-refractivity contribution in [3.63, 3.8) is 0 Å². The number of hydrogen-bond donors (Lipinski definition) is 1. The van der Waals surface area contributed by atoms with E-state index in [0.29, 0.717) is 12.1 Å². The minimum atomic E-state index is -0.345. The zero-order valence-electron chi connectivity index (χ0n) is 12.3. The highest BCUT2D eigenvalue weighted by atomic mass is 19.1. The van der Waals surface area contributed by atoms with Crippen molar-refractivity contribution in [2.75, 3.05) is 19.6 Å². The van der Waals surface area contributed by atoms with E-state index in [1.165, 1.54) is 37.1 Å². The van der Waals surface area contributed by atoms with E-state index < -0.39 is 0 Å². The summed E-state index contributed by atoms with van der Waals surface area (Å²) in [6.07, 6.45) is 3.99. The Hall–Kier alpha value is -2.14. The van der Waals surface area contributed by atoms with Gasteiger partial charge in [-0.25, -0.2) is 4.39 Å².